The predicted molar refractivity (Wildman–Crippen MR) is 50.5 cm³/mol. The van der Waals surface area contributed by atoms with E-state index in [0.717, 1.165) is 26.6 Å². The fourth-order valence-corrected chi connectivity index (χ4v) is 3.38. The molecule has 8 heteroatoms. The molecule has 1 heterocycles. The molecule has 1 rings (SSSR count). The first-order chi connectivity index (χ1) is 4.91. The van der Waals surface area contributed by atoms with Crippen LogP contribution in [0.3, 0.4) is 0 Å². The average Bonchev–Trinajstić information content (AvgIpc) is 2.08. The molecule has 1 fully saturated rings. The van der Waals surface area contributed by atoms with Gasteiger partial charge in [-0.25, -0.2) is 0 Å². The van der Waals surface area contributed by atoms with Crippen LogP contribution in [0.1, 0.15) is 0 Å². The van der Waals surface area contributed by atoms with E-state index in [-0.39, 0.29) is 6.61 Å². The average molecular weight is 202 g/mol. The normalized spacial score (nSPS) is 24.6. The molecule has 10 heavy (non-hydrogen) atoms. The first-order valence-electron chi connectivity index (χ1n) is 2.72. The maximum Gasteiger partial charge on any atom is 0.0553 e. The van der Waals surface area contributed by atoms with E-state index in [0.29, 0.717) is 6.54 Å². The Morgan fingerprint density at radius 2 is 1.40 bits per heavy atom. The Morgan fingerprint density at radius 1 is 1.10 bits per heavy atom. The standard InChI is InChI=1S/C2H7NO.H6N3P3/c3-1-2-4;1-4-2-6-3-5-1/h4H,1-3H2;1-6H. The van der Waals surface area contributed by atoms with Gasteiger partial charge < -0.3 is 10.8 Å². The van der Waals surface area contributed by atoms with Crippen molar-refractivity contribution in [3.05, 3.63) is 0 Å². The van der Waals surface area contributed by atoms with Crippen LogP contribution in [-0.2, 0) is 0 Å². The zero-order chi connectivity index (χ0) is 7.66. The van der Waals surface area contributed by atoms with E-state index < -0.39 is 0 Å². The summed E-state index contributed by atoms with van der Waals surface area (Å²) in [5, 5.41) is 7.75. The van der Waals surface area contributed by atoms with Crippen molar-refractivity contribution in [2.75, 3.05) is 13.2 Å². The molecule has 0 aromatic rings. The Labute approximate surface area is 66.0 Å². The van der Waals surface area contributed by atoms with Crippen LogP contribution in [0.25, 0.3) is 0 Å². The number of aliphatic hydroxyl groups excluding tert-OH is 1. The Morgan fingerprint density at radius 3 is 1.50 bits per heavy atom. The van der Waals surface area contributed by atoms with Gasteiger partial charge >= 0.3 is 0 Å². The molecule has 62 valence electrons. The summed E-state index contributed by atoms with van der Waals surface area (Å²) in [5.74, 6) is 0. The second-order valence-corrected chi connectivity index (χ2v) is 5.01. The molecule has 1 aliphatic heterocycles. The van der Waals surface area contributed by atoms with Crippen molar-refractivity contribution >= 4 is 26.6 Å². The lowest BCUT2D eigenvalue weighted by atomic mass is 10.8. The molecule has 0 saturated carbocycles. The number of aliphatic hydroxyl groups is 1. The molecule has 0 aromatic heterocycles. The summed E-state index contributed by atoms with van der Waals surface area (Å²) < 4.78 is 0. The quantitative estimate of drug-likeness (QED) is 0.361. The summed E-state index contributed by atoms with van der Waals surface area (Å²) in [5.41, 5.74) is 4.78. The molecule has 0 radical (unpaired) electrons. The Bertz CT molecular complexity index is 49.0. The van der Waals surface area contributed by atoms with Crippen LogP contribution in [0.2, 0.25) is 0 Å². The second kappa shape index (κ2) is 10.1. The first kappa shape index (κ1) is 11.1. The summed E-state index contributed by atoms with van der Waals surface area (Å²) in [4.78, 5) is 9.38. The second-order valence-electron chi connectivity index (χ2n) is 1.26. The van der Waals surface area contributed by atoms with Crippen molar-refractivity contribution in [1.82, 2.24) is 14.6 Å². The number of hydrogen-bond acceptors (Lipinski definition) is 5. The van der Waals surface area contributed by atoms with Crippen LogP contribution in [0.15, 0.2) is 0 Å². The van der Waals surface area contributed by atoms with Crippen molar-refractivity contribution in [3.63, 3.8) is 0 Å². The molecule has 0 bridgehead atoms. The predicted octanol–water partition coefficient (Wildman–Crippen LogP) is -0.768. The third kappa shape index (κ3) is 9.09. The lowest BCUT2D eigenvalue weighted by molar-refractivity contribution is 0.306. The van der Waals surface area contributed by atoms with Gasteiger partial charge in [-0.3, -0.25) is 14.6 Å². The van der Waals surface area contributed by atoms with E-state index in [1.54, 1.807) is 0 Å². The third-order valence-electron chi connectivity index (χ3n) is 0.504. The summed E-state index contributed by atoms with van der Waals surface area (Å²) in [6, 6.07) is 0. The summed E-state index contributed by atoms with van der Waals surface area (Å²) in [6.07, 6.45) is 0. The highest BCUT2D eigenvalue weighted by atomic mass is 31.2. The van der Waals surface area contributed by atoms with Crippen molar-refractivity contribution in [2.45, 2.75) is 0 Å². The maximum atomic E-state index is 7.75. The zero-order valence-corrected chi connectivity index (χ0v) is 8.44. The van der Waals surface area contributed by atoms with Crippen molar-refractivity contribution in [2.24, 2.45) is 5.73 Å². The molecule has 0 unspecified atom stereocenters. The SMILES string of the molecule is N1PNPNP1.NCCO. The summed E-state index contributed by atoms with van der Waals surface area (Å²) in [7, 11) is 2.29. The largest absolute Gasteiger partial charge is 0.395 e. The van der Waals surface area contributed by atoms with Crippen LogP contribution in [0.4, 0.5) is 0 Å². The molecule has 5 nitrogen and oxygen atoms in total. The van der Waals surface area contributed by atoms with Gasteiger partial charge in [-0.2, -0.15) is 0 Å². The molecule has 0 spiro atoms. The van der Waals surface area contributed by atoms with Crippen LogP contribution >= 0.6 is 26.6 Å². The Balaban J connectivity index is 0.000000180. The molecular weight excluding hydrogens is 189 g/mol. The maximum absolute atomic E-state index is 7.75. The monoisotopic (exact) mass is 202 g/mol. The van der Waals surface area contributed by atoms with Crippen LogP contribution in [0, 0.1) is 0 Å². The van der Waals surface area contributed by atoms with Crippen molar-refractivity contribution in [1.29, 1.82) is 0 Å². The summed E-state index contributed by atoms with van der Waals surface area (Å²) >= 11 is 0. The van der Waals surface area contributed by atoms with E-state index in [2.05, 4.69) is 14.6 Å². The molecule has 0 amide bonds. The Kier molecular flexibility index (Phi) is 11.2. The fourth-order valence-electron chi connectivity index (χ4n) is 0.188. The molecular formula is C2H13N4OP3. The molecule has 0 atom stereocenters. The topological polar surface area (TPSA) is 82.3 Å². The minimum atomic E-state index is 0.0972. The van der Waals surface area contributed by atoms with Crippen LogP contribution < -0.4 is 20.3 Å². The highest BCUT2D eigenvalue weighted by molar-refractivity contribution is 7.65. The molecule has 1 aliphatic rings. The highest BCUT2D eigenvalue weighted by Gasteiger charge is 1.89. The molecule has 0 aliphatic carbocycles. The minimum absolute atomic E-state index is 0.0972. The van der Waals surface area contributed by atoms with Gasteiger partial charge in [0.15, 0.2) is 0 Å². The minimum Gasteiger partial charge on any atom is -0.395 e. The molecule has 1 saturated heterocycles. The van der Waals surface area contributed by atoms with Gasteiger partial charge in [0.2, 0.25) is 0 Å². The van der Waals surface area contributed by atoms with Crippen molar-refractivity contribution in [3.8, 4) is 0 Å². The lowest BCUT2D eigenvalue weighted by Crippen LogP contribution is -2.07. The van der Waals surface area contributed by atoms with E-state index in [1.807, 2.05) is 0 Å². The van der Waals surface area contributed by atoms with Gasteiger partial charge in [0.25, 0.3) is 0 Å². The molecule has 6 N–H and O–H groups in total. The van der Waals surface area contributed by atoms with Gasteiger partial charge in [-0.05, 0) is 0 Å². The van der Waals surface area contributed by atoms with Gasteiger partial charge in [-0.1, -0.05) is 0 Å². The smallest absolute Gasteiger partial charge is 0.0553 e. The van der Waals surface area contributed by atoms with Gasteiger partial charge in [0, 0.05) is 33.2 Å². The van der Waals surface area contributed by atoms with E-state index in [4.69, 9.17) is 10.8 Å². The number of hydrogen-bond donors (Lipinski definition) is 5. The van der Waals surface area contributed by atoms with Crippen LogP contribution in [-0.4, -0.2) is 18.3 Å². The van der Waals surface area contributed by atoms with E-state index in [9.17, 15) is 0 Å². The van der Waals surface area contributed by atoms with Gasteiger partial charge in [0.1, 0.15) is 0 Å². The van der Waals surface area contributed by atoms with Gasteiger partial charge in [0.05, 0.1) is 6.61 Å². The Hall–Kier alpha value is 1.09. The van der Waals surface area contributed by atoms with Gasteiger partial charge in [-0.15, -0.1) is 0 Å². The number of nitrogens with one attached hydrogen (secondary N) is 3. The number of rotatable bonds is 1. The zero-order valence-electron chi connectivity index (χ0n) is 5.44. The number of nitrogens with two attached hydrogens (primary N) is 1. The molecule has 0 aromatic carbocycles. The van der Waals surface area contributed by atoms with E-state index >= 15 is 0 Å². The summed E-state index contributed by atoms with van der Waals surface area (Å²) in [6.45, 7) is 0.472. The first-order valence-corrected chi connectivity index (χ1v) is 5.72. The lowest BCUT2D eigenvalue weighted by Gasteiger charge is -2.12. The van der Waals surface area contributed by atoms with Crippen LogP contribution in [0.5, 0.6) is 0 Å². The van der Waals surface area contributed by atoms with E-state index in [1.165, 1.54) is 0 Å². The third-order valence-corrected chi connectivity index (χ3v) is 3.50. The fraction of sp³-hybridized carbons (Fsp3) is 1.00. The highest BCUT2D eigenvalue weighted by Crippen LogP contribution is 2.23. The van der Waals surface area contributed by atoms with Crippen molar-refractivity contribution < 1.29 is 5.11 Å².